The summed E-state index contributed by atoms with van der Waals surface area (Å²) in [6, 6.07) is 4.36. The summed E-state index contributed by atoms with van der Waals surface area (Å²) in [4.78, 5) is 24.4. The lowest BCUT2D eigenvalue weighted by Crippen LogP contribution is -2.39. The minimum Gasteiger partial charge on any atom is -0.369 e. The van der Waals surface area contributed by atoms with Gasteiger partial charge in [0.2, 0.25) is 5.91 Å². The van der Waals surface area contributed by atoms with E-state index in [0.717, 1.165) is 12.1 Å². The molecular formula is C14H16F3N3O2. The van der Waals surface area contributed by atoms with Crippen molar-refractivity contribution < 1.29 is 22.8 Å². The molecule has 0 spiro atoms. The van der Waals surface area contributed by atoms with Crippen molar-refractivity contribution in [3.05, 3.63) is 35.4 Å². The molecule has 1 aromatic rings. The van der Waals surface area contributed by atoms with E-state index in [9.17, 15) is 22.8 Å². The highest BCUT2D eigenvalue weighted by Gasteiger charge is 2.31. The van der Waals surface area contributed by atoms with E-state index >= 15 is 0 Å². The first-order valence-corrected chi connectivity index (χ1v) is 6.75. The van der Waals surface area contributed by atoms with Crippen molar-refractivity contribution in [3.63, 3.8) is 0 Å². The van der Waals surface area contributed by atoms with Gasteiger partial charge in [0.25, 0.3) is 0 Å². The Hall–Kier alpha value is -2.25. The smallest absolute Gasteiger partial charge is 0.369 e. The van der Waals surface area contributed by atoms with E-state index in [1.54, 1.807) is 0 Å². The third kappa shape index (κ3) is 3.90. The Kier molecular flexibility index (Phi) is 4.58. The number of halogens is 3. The second-order valence-corrected chi connectivity index (χ2v) is 5.19. The van der Waals surface area contributed by atoms with Gasteiger partial charge < -0.3 is 16.0 Å². The first-order chi connectivity index (χ1) is 10.3. The number of urea groups is 1. The normalized spacial score (nSPS) is 18.3. The van der Waals surface area contributed by atoms with Crippen molar-refractivity contribution in [3.8, 4) is 0 Å². The fourth-order valence-electron chi connectivity index (χ4n) is 2.32. The molecule has 3 amide bonds. The van der Waals surface area contributed by atoms with E-state index in [2.05, 4.69) is 5.32 Å². The van der Waals surface area contributed by atoms with E-state index in [1.807, 2.05) is 0 Å². The Balaban J connectivity index is 1.91. The molecule has 0 aliphatic carbocycles. The zero-order chi connectivity index (χ0) is 16.3. The highest BCUT2D eigenvalue weighted by atomic mass is 19.4. The second kappa shape index (κ2) is 6.25. The standard InChI is InChI=1S/C14H16F3N3O2/c15-14(16,17)11-3-1-2-9(6-11)7-19-13(22)20-5-4-10(8-20)12(18)21/h1-3,6,10H,4-5,7-8H2,(H2,18,21)(H,19,22). The molecule has 120 valence electrons. The van der Waals surface area contributed by atoms with Crippen LogP contribution in [0.3, 0.4) is 0 Å². The number of nitrogens with zero attached hydrogens (tertiary/aromatic N) is 1. The van der Waals surface area contributed by atoms with Gasteiger partial charge in [-0.05, 0) is 24.1 Å². The summed E-state index contributed by atoms with van der Waals surface area (Å²) in [5, 5.41) is 2.55. The Morgan fingerprint density at radius 3 is 2.68 bits per heavy atom. The second-order valence-electron chi connectivity index (χ2n) is 5.19. The fourth-order valence-corrected chi connectivity index (χ4v) is 2.32. The minimum atomic E-state index is -4.41. The minimum absolute atomic E-state index is 0.0134. The largest absolute Gasteiger partial charge is 0.416 e. The van der Waals surface area contributed by atoms with Crippen LogP contribution in [0.4, 0.5) is 18.0 Å². The first-order valence-electron chi connectivity index (χ1n) is 6.75. The molecule has 1 atom stereocenters. The molecule has 5 nitrogen and oxygen atoms in total. The van der Waals surface area contributed by atoms with Crippen molar-refractivity contribution in [2.24, 2.45) is 11.7 Å². The van der Waals surface area contributed by atoms with Crippen LogP contribution in [0.15, 0.2) is 24.3 Å². The van der Waals surface area contributed by atoms with Gasteiger partial charge >= 0.3 is 12.2 Å². The number of hydrogen-bond donors (Lipinski definition) is 2. The van der Waals surface area contributed by atoms with Crippen LogP contribution in [-0.2, 0) is 17.5 Å². The average molecular weight is 315 g/mol. The molecule has 0 aromatic heterocycles. The molecule has 1 saturated heterocycles. The number of carbonyl (C=O) groups is 2. The molecule has 1 aromatic carbocycles. The number of carbonyl (C=O) groups excluding carboxylic acids is 2. The molecule has 1 heterocycles. The maximum Gasteiger partial charge on any atom is 0.416 e. The van der Waals surface area contributed by atoms with Crippen molar-refractivity contribution in [1.29, 1.82) is 0 Å². The van der Waals surface area contributed by atoms with Gasteiger partial charge in [-0.3, -0.25) is 4.79 Å². The molecule has 0 radical (unpaired) electrons. The van der Waals surface area contributed by atoms with Gasteiger partial charge in [0.15, 0.2) is 0 Å². The summed E-state index contributed by atoms with van der Waals surface area (Å²) in [5.41, 5.74) is 4.78. The number of amides is 3. The third-order valence-electron chi connectivity index (χ3n) is 3.58. The van der Waals surface area contributed by atoms with Gasteiger partial charge in [0.1, 0.15) is 0 Å². The lowest BCUT2D eigenvalue weighted by Gasteiger charge is -2.17. The molecular weight excluding hydrogens is 299 g/mol. The lowest BCUT2D eigenvalue weighted by molar-refractivity contribution is -0.137. The summed E-state index contributed by atoms with van der Waals surface area (Å²) in [5.74, 6) is -0.813. The van der Waals surface area contributed by atoms with Crippen molar-refractivity contribution in [1.82, 2.24) is 10.2 Å². The molecule has 1 aliphatic rings. The quantitative estimate of drug-likeness (QED) is 0.891. The molecule has 3 N–H and O–H groups in total. The van der Waals surface area contributed by atoms with Gasteiger partial charge in [-0.1, -0.05) is 12.1 Å². The highest BCUT2D eigenvalue weighted by Crippen LogP contribution is 2.29. The van der Waals surface area contributed by atoms with E-state index in [-0.39, 0.29) is 19.0 Å². The van der Waals surface area contributed by atoms with E-state index < -0.39 is 23.7 Å². The SMILES string of the molecule is NC(=O)C1CCN(C(=O)NCc2cccc(C(F)(F)F)c2)C1. The Bertz CT molecular complexity index is 575. The zero-order valence-corrected chi connectivity index (χ0v) is 11.7. The van der Waals surface area contributed by atoms with Crippen LogP contribution in [-0.4, -0.2) is 29.9 Å². The summed E-state index contributed by atoms with van der Waals surface area (Å²) >= 11 is 0. The Morgan fingerprint density at radius 1 is 1.36 bits per heavy atom. The summed E-state index contributed by atoms with van der Waals surface area (Å²) < 4.78 is 37.8. The average Bonchev–Trinajstić information content (AvgIpc) is 2.94. The van der Waals surface area contributed by atoms with Crippen molar-refractivity contribution in [2.75, 3.05) is 13.1 Å². The number of rotatable bonds is 3. The molecule has 1 unspecified atom stereocenters. The topological polar surface area (TPSA) is 75.4 Å². The molecule has 22 heavy (non-hydrogen) atoms. The van der Waals surface area contributed by atoms with Crippen LogP contribution < -0.4 is 11.1 Å². The first kappa shape index (κ1) is 16.1. The van der Waals surface area contributed by atoms with Crippen LogP contribution in [0.1, 0.15) is 17.5 Å². The molecule has 1 fully saturated rings. The van der Waals surface area contributed by atoms with Gasteiger partial charge in [0.05, 0.1) is 11.5 Å². The number of nitrogens with one attached hydrogen (secondary N) is 1. The lowest BCUT2D eigenvalue weighted by atomic mass is 10.1. The van der Waals surface area contributed by atoms with Crippen LogP contribution in [0.5, 0.6) is 0 Å². The highest BCUT2D eigenvalue weighted by molar-refractivity contribution is 5.80. The number of nitrogens with two attached hydrogens (primary N) is 1. The zero-order valence-electron chi connectivity index (χ0n) is 11.7. The fraction of sp³-hybridized carbons (Fsp3) is 0.429. The number of likely N-dealkylation sites (tertiary alicyclic amines) is 1. The van der Waals surface area contributed by atoms with Crippen molar-refractivity contribution >= 4 is 11.9 Å². The van der Waals surface area contributed by atoms with Crippen LogP contribution in [0.25, 0.3) is 0 Å². The summed E-state index contributed by atoms with van der Waals surface area (Å²) in [6.45, 7) is 0.631. The van der Waals surface area contributed by atoms with Gasteiger partial charge in [-0.2, -0.15) is 13.2 Å². The predicted molar refractivity (Wildman–Crippen MR) is 72.6 cm³/mol. The number of benzene rings is 1. The molecule has 2 rings (SSSR count). The third-order valence-corrected chi connectivity index (χ3v) is 3.58. The Labute approximate surface area is 125 Å². The van der Waals surface area contributed by atoms with Gasteiger partial charge in [0, 0.05) is 19.6 Å². The van der Waals surface area contributed by atoms with Crippen LogP contribution in [0.2, 0.25) is 0 Å². The molecule has 0 bridgehead atoms. The number of alkyl halides is 3. The van der Waals surface area contributed by atoms with Crippen LogP contribution in [0, 0.1) is 5.92 Å². The molecule has 1 aliphatic heterocycles. The Morgan fingerprint density at radius 2 is 2.09 bits per heavy atom. The van der Waals surface area contributed by atoms with Crippen LogP contribution >= 0.6 is 0 Å². The summed E-state index contributed by atoms with van der Waals surface area (Å²) in [7, 11) is 0. The van der Waals surface area contributed by atoms with E-state index in [0.29, 0.717) is 18.5 Å². The van der Waals surface area contributed by atoms with Gasteiger partial charge in [-0.25, -0.2) is 4.79 Å². The number of primary amides is 1. The number of hydrogen-bond acceptors (Lipinski definition) is 2. The van der Waals surface area contributed by atoms with E-state index in [1.165, 1.54) is 17.0 Å². The maximum atomic E-state index is 12.6. The van der Waals surface area contributed by atoms with Crippen molar-refractivity contribution in [2.45, 2.75) is 19.1 Å². The van der Waals surface area contributed by atoms with E-state index in [4.69, 9.17) is 5.73 Å². The predicted octanol–water partition coefficient (Wildman–Crippen LogP) is 1.72. The summed E-state index contributed by atoms with van der Waals surface area (Å²) in [6.07, 6.45) is -3.91. The maximum absolute atomic E-state index is 12.6. The monoisotopic (exact) mass is 315 g/mol. The molecule has 8 heteroatoms. The molecule has 0 saturated carbocycles. The van der Waals surface area contributed by atoms with Gasteiger partial charge in [-0.15, -0.1) is 0 Å².